The third-order valence-electron chi connectivity index (χ3n) is 15.1. The Morgan fingerprint density at radius 2 is 0.885 bits per heavy atom. The molecule has 78 heavy (non-hydrogen) atoms. The van der Waals surface area contributed by atoms with Crippen LogP contribution in [0, 0.1) is 6.92 Å². The molecule has 0 unspecified atom stereocenters. The van der Waals surface area contributed by atoms with Crippen LogP contribution in [-0.2, 0) is 0 Å². The molecule has 3 saturated heterocycles. The average Bonchev–Trinajstić information content (AvgIpc) is 3.93. The van der Waals surface area contributed by atoms with Crippen molar-refractivity contribution in [3.63, 3.8) is 0 Å². The maximum absolute atomic E-state index is 12.8. The number of phenols is 6. The highest BCUT2D eigenvalue weighted by Gasteiger charge is 2.38. The lowest BCUT2D eigenvalue weighted by molar-refractivity contribution is 0.0629. The number of aromatic hydroxyl groups is 6. The molecule has 3 fully saturated rings. The molecule has 3 aliphatic heterocycles. The molecule has 6 heterocycles. The van der Waals surface area contributed by atoms with Crippen molar-refractivity contribution in [3.05, 3.63) is 148 Å². The van der Waals surface area contributed by atoms with E-state index in [0.717, 1.165) is 37.8 Å². The number of hydrogen-bond acceptors (Lipinski definition) is 18. The number of benzene rings is 5. The highest BCUT2D eigenvalue weighted by Crippen LogP contribution is 2.47. The zero-order valence-corrected chi connectivity index (χ0v) is 44.5. The van der Waals surface area contributed by atoms with E-state index in [4.69, 9.17) is 36.5 Å². The fourth-order valence-corrected chi connectivity index (χ4v) is 11.7. The fraction of sp³-hybridized carbons (Fsp3) is 0.328. The Labute approximate surface area is 456 Å². The third-order valence-corrected chi connectivity index (χ3v) is 15.7. The number of aliphatic hydroxyl groups excluding tert-OH is 3. The average molecular weight is 1110 g/mol. The predicted octanol–water partition coefficient (Wildman–Crippen LogP) is 7.90. The van der Waals surface area contributed by atoms with Crippen molar-refractivity contribution in [1.82, 2.24) is 14.7 Å². The van der Waals surface area contributed by atoms with Crippen LogP contribution in [0.5, 0.6) is 34.5 Å². The summed E-state index contributed by atoms with van der Waals surface area (Å²) in [6.07, 6.45) is 0.457. The SMILES string of the molecule is CN1CC[C@@H](c2c(O)cc(O)c3c(=O)cc(-c4ccccc4Cl)oc23)[C@@H]1CO.CN1CC[C@H](c2c(O)cc(O)c3c(=O)cc(-c4ccccc4Cl)oc23)[C@H](O)C1.Cc1cc(=O)c2c(O)cc(O)c([C@H]3CCN(C)C[C@H]3O)c2o1. The molecule has 3 aliphatic rings. The minimum absolute atomic E-state index is 0.00912. The lowest BCUT2D eigenvalue weighted by Crippen LogP contribution is -2.40. The second-order valence-corrected chi connectivity index (χ2v) is 21.1. The number of phenolic OH excluding ortho intramolecular Hbond substituents is 6. The van der Waals surface area contributed by atoms with E-state index < -0.39 is 29.0 Å². The van der Waals surface area contributed by atoms with Crippen LogP contribution >= 0.6 is 23.2 Å². The number of β-amino-alcohol motifs (C(OH)–C–C–N with tert-alkyl or cyclic N) is 2. The van der Waals surface area contributed by atoms with Crippen molar-refractivity contribution < 1.29 is 59.2 Å². The van der Waals surface area contributed by atoms with Crippen LogP contribution in [0.25, 0.3) is 55.6 Å². The van der Waals surface area contributed by atoms with Gasteiger partial charge in [-0.1, -0.05) is 47.5 Å². The third kappa shape index (κ3) is 10.7. The minimum atomic E-state index is -0.744. The topological polar surface area (TPSA) is 282 Å². The van der Waals surface area contributed by atoms with Crippen molar-refractivity contribution in [3.8, 4) is 57.1 Å². The van der Waals surface area contributed by atoms with Crippen molar-refractivity contribution in [2.24, 2.45) is 0 Å². The van der Waals surface area contributed by atoms with Gasteiger partial charge in [0, 0.05) is 101 Å². The maximum Gasteiger partial charge on any atom is 0.197 e. The number of fused-ring (bicyclic) bond motifs is 3. The van der Waals surface area contributed by atoms with Gasteiger partial charge in [0.25, 0.3) is 0 Å². The van der Waals surface area contributed by atoms with Gasteiger partial charge in [0.15, 0.2) is 16.3 Å². The van der Waals surface area contributed by atoms with Gasteiger partial charge in [-0.05, 0) is 91.2 Å². The second-order valence-electron chi connectivity index (χ2n) is 20.3. The van der Waals surface area contributed by atoms with Gasteiger partial charge in [0.05, 0.1) is 28.9 Å². The summed E-state index contributed by atoms with van der Waals surface area (Å²) in [4.78, 5) is 43.7. The first-order valence-corrected chi connectivity index (χ1v) is 26.0. The predicted molar refractivity (Wildman–Crippen MR) is 296 cm³/mol. The molecule has 0 amide bonds. The largest absolute Gasteiger partial charge is 0.507 e. The van der Waals surface area contributed by atoms with E-state index in [2.05, 4.69) is 0 Å². The highest BCUT2D eigenvalue weighted by atomic mass is 35.5. The van der Waals surface area contributed by atoms with E-state index in [1.54, 1.807) is 55.5 Å². The quantitative estimate of drug-likeness (QED) is 0.0765. The molecule has 0 aliphatic carbocycles. The lowest BCUT2D eigenvalue weighted by Gasteiger charge is -2.34. The zero-order chi connectivity index (χ0) is 56.0. The Balaban J connectivity index is 0.000000143. The van der Waals surface area contributed by atoms with Crippen LogP contribution in [-0.4, -0.2) is 139 Å². The molecule has 18 nitrogen and oxygen atoms in total. The molecule has 0 saturated carbocycles. The Kier molecular flexibility index (Phi) is 16.2. The van der Waals surface area contributed by atoms with Crippen LogP contribution in [0.2, 0.25) is 10.0 Å². The molecule has 9 N–H and O–H groups in total. The van der Waals surface area contributed by atoms with Gasteiger partial charge in [-0.15, -0.1) is 0 Å². The molecule has 5 aromatic carbocycles. The molecular weight excluding hydrogens is 1050 g/mol. The van der Waals surface area contributed by atoms with Gasteiger partial charge in [0.1, 0.15) is 84.7 Å². The number of likely N-dealkylation sites (N-methyl/N-ethyl adjacent to an activating group) is 3. The van der Waals surface area contributed by atoms with Crippen molar-refractivity contribution in [2.45, 2.75) is 62.2 Å². The summed E-state index contributed by atoms with van der Waals surface area (Å²) in [5, 5.41) is 93.6. The number of halogens is 2. The maximum atomic E-state index is 12.8. The number of aryl methyl sites for hydroxylation is 1. The second kappa shape index (κ2) is 22.7. The molecule has 0 spiro atoms. The molecule has 3 aromatic heterocycles. The molecule has 8 aromatic rings. The van der Waals surface area contributed by atoms with Crippen molar-refractivity contribution >= 4 is 56.1 Å². The molecular formula is C58H59Cl2N3O15. The standard InChI is InChI=1S/2C21H20ClNO5.C16H19NO5/c1-23-7-6-12(14(23)10-24)19-15(25)8-16(26)20-17(27)9-18(28-21(19)20)11-4-2-3-5-13(11)22;1-23-7-6-12(17(27)10-23)19-14(24)8-15(25)20-16(26)9-18(28-21(19)20)11-4-2-3-5-13(11)22;1-8-5-10(18)15-12(20)6-11(19)14(16(15)22-8)9-3-4-17(2)7-13(9)21/h2-5,8-9,12,14,24-26H,6-7,10H2,1H3;2-5,8-9,12,17,24-25,27H,6-7,10H2,1H3;5-6,9,13,19-21H,3-4,7H2,1-2H3/t12-,14+;12-,17+;9-,13+/m100/s1. The summed E-state index contributed by atoms with van der Waals surface area (Å²) in [7, 11) is 5.72. The number of hydrogen-bond donors (Lipinski definition) is 9. The summed E-state index contributed by atoms with van der Waals surface area (Å²) < 4.78 is 17.7. The van der Waals surface area contributed by atoms with Gasteiger partial charge in [-0.2, -0.15) is 0 Å². The molecule has 0 bridgehead atoms. The summed E-state index contributed by atoms with van der Waals surface area (Å²) in [6, 6.07) is 21.0. The first-order chi connectivity index (χ1) is 37.2. The number of nitrogens with zero attached hydrogens (tertiary/aromatic N) is 3. The van der Waals surface area contributed by atoms with Crippen molar-refractivity contribution in [1.29, 1.82) is 0 Å². The Morgan fingerprint density at radius 1 is 0.513 bits per heavy atom. The van der Waals surface area contributed by atoms with E-state index in [9.17, 15) is 60.3 Å². The van der Waals surface area contributed by atoms with Gasteiger partial charge in [0.2, 0.25) is 0 Å². The first-order valence-electron chi connectivity index (χ1n) is 25.3. The summed E-state index contributed by atoms with van der Waals surface area (Å²) in [5.74, 6) is -1.69. The van der Waals surface area contributed by atoms with E-state index in [1.165, 1.54) is 18.2 Å². The molecule has 20 heteroatoms. The van der Waals surface area contributed by atoms with Crippen LogP contribution in [0.15, 0.2) is 113 Å². The Hall–Kier alpha value is -7.13. The summed E-state index contributed by atoms with van der Waals surface area (Å²) in [6.45, 7) is 4.65. The van der Waals surface area contributed by atoms with E-state index in [1.807, 2.05) is 35.8 Å². The van der Waals surface area contributed by atoms with Crippen LogP contribution in [0.3, 0.4) is 0 Å². The Morgan fingerprint density at radius 3 is 1.28 bits per heavy atom. The smallest absolute Gasteiger partial charge is 0.197 e. The molecule has 410 valence electrons. The van der Waals surface area contributed by atoms with Gasteiger partial charge in [-0.3, -0.25) is 14.4 Å². The number of likely N-dealkylation sites (tertiary alicyclic amines) is 3. The molecule has 0 radical (unpaired) electrons. The minimum Gasteiger partial charge on any atom is -0.507 e. The fourth-order valence-electron chi connectivity index (χ4n) is 11.2. The van der Waals surface area contributed by atoms with E-state index in [-0.39, 0.29) is 109 Å². The van der Waals surface area contributed by atoms with Gasteiger partial charge in [-0.25, -0.2) is 0 Å². The highest BCUT2D eigenvalue weighted by molar-refractivity contribution is 6.33. The van der Waals surface area contributed by atoms with E-state index >= 15 is 0 Å². The lowest BCUT2D eigenvalue weighted by atomic mass is 9.85. The monoisotopic (exact) mass is 1110 g/mol. The Bertz CT molecular complexity index is 3770. The number of piperidine rings is 2. The van der Waals surface area contributed by atoms with E-state index in [0.29, 0.717) is 76.0 Å². The van der Waals surface area contributed by atoms with Crippen LogP contribution in [0.4, 0.5) is 0 Å². The first kappa shape index (κ1) is 55.6. The van der Waals surface area contributed by atoms with Crippen LogP contribution < -0.4 is 16.3 Å². The van der Waals surface area contributed by atoms with Gasteiger partial charge < -0.3 is 73.9 Å². The molecule has 6 atom stereocenters. The van der Waals surface area contributed by atoms with Crippen molar-refractivity contribution in [2.75, 3.05) is 60.5 Å². The summed E-state index contributed by atoms with van der Waals surface area (Å²) in [5.41, 5.74) is 1.35. The number of aliphatic hydroxyl groups is 3. The summed E-state index contributed by atoms with van der Waals surface area (Å²) >= 11 is 12.5. The number of rotatable bonds is 6. The van der Waals surface area contributed by atoms with Crippen LogP contribution in [0.1, 0.15) is 59.5 Å². The molecule has 11 rings (SSSR count). The zero-order valence-electron chi connectivity index (χ0n) is 43.0. The normalized spacial score (nSPS) is 21.1. The van der Waals surface area contributed by atoms with Gasteiger partial charge >= 0.3 is 0 Å².